The normalized spacial score (nSPS) is 15.0. The van der Waals surface area contributed by atoms with Gasteiger partial charge in [0.25, 0.3) is 0 Å². The summed E-state index contributed by atoms with van der Waals surface area (Å²) in [5, 5.41) is 3.27. The van der Waals surface area contributed by atoms with Gasteiger partial charge in [0.1, 0.15) is 0 Å². The van der Waals surface area contributed by atoms with Crippen molar-refractivity contribution >= 4 is 5.69 Å². The van der Waals surface area contributed by atoms with Crippen molar-refractivity contribution < 1.29 is 4.39 Å². The predicted molar refractivity (Wildman–Crippen MR) is 70.6 cm³/mol. The van der Waals surface area contributed by atoms with Gasteiger partial charge >= 0.3 is 0 Å². The highest BCUT2D eigenvalue weighted by molar-refractivity contribution is 5.63. The van der Waals surface area contributed by atoms with E-state index in [0.717, 1.165) is 29.9 Å². The summed E-state index contributed by atoms with van der Waals surface area (Å²) in [6, 6.07) is 9.48. The molecule has 1 aromatic carbocycles. The molecule has 0 saturated heterocycles. The molecular formula is C15H15FN2. The molecular weight excluding hydrogens is 227 g/mol. The van der Waals surface area contributed by atoms with Crippen LogP contribution in [0.5, 0.6) is 0 Å². The van der Waals surface area contributed by atoms with Gasteiger partial charge in [0, 0.05) is 35.2 Å². The molecule has 1 N–H and O–H groups in total. The molecule has 18 heavy (non-hydrogen) atoms. The minimum absolute atomic E-state index is 0.614. The van der Waals surface area contributed by atoms with Crippen molar-refractivity contribution in [2.45, 2.75) is 19.5 Å². The molecule has 2 heterocycles. The molecule has 0 spiro atoms. The number of hydrogen-bond acceptors (Lipinski definition) is 2. The third kappa shape index (κ3) is 1.86. The number of rotatable bonds is 2. The van der Waals surface area contributed by atoms with Crippen LogP contribution in [0.4, 0.5) is 10.1 Å². The minimum Gasteiger partial charge on any atom is -0.384 e. The Balaban J connectivity index is 2.00. The van der Waals surface area contributed by atoms with E-state index in [4.69, 9.17) is 0 Å². The fourth-order valence-corrected chi connectivity index (χ4v) is 2.39. The van der Waals surface area contributed by atoms with Gasteiger partial charge in [0.15, 0.2) is 6.17 Å². The molecule has 1 aliphatic rings. The second-order valence-electron chi connectivity index (χ2n) is 4.65. The van der Waals surface area contributed by atoms with E-state index in [0.29, 0.717) is 5.56 Å². The number of aromatic nitrogens is 1. The Morgan fingerprint density at radius 2 is 2.17 bits per heavy atom. The number of pyridine rings is 1. The number of benzene rings is 1. The van der Waals surface area contributed by atoms with E-state index >= 15 is 0 Å². The van der Waals surface area contributed by atoms with Crippen molar-refractivity contribution in [1.82, 2.24) is 4.98 Å². The molecule has 0 radical (unpaired) electrons. The van der Waals surface area contributed by atoms with E-state index in [9.17, 15) is 4.39 Å². The molecule has 0 saturated carbocycles. The molecule has 3 heteroatoms. The largest absolute Gasteiger partial charge is 0.384 e. The summed E-state index contributed by atoms with van der Waals surface area (Å²) in [6.45, 7) is 2.80. The lowest BCUT2D eigenvalue weighted by Crippen LogP contribution is -2.01. The van der Waals surface area contributed by atoms with Gasteiger partial charge in [-0.15, -0.1) is 0 Å². The smallest absolute Gasteiger partial charge is 0.154 e. The third-order valence-corrected chi connectivity index (χ3v) is 3.38. The summed E-state index contributed by atoms with van der Waals surface area (Å²) in [5.41, 5.74) is 4.40. The van der Waals surface area contributed by atoms with Gasteiger partial charge in [-0.2, -0.15) is 0 Å². The van der Waals surface area contributed by atoms with Crippen LogP contribution in [0, 0.1) is 6.92 Å². The standard InChI is InChI=1S/C15H15FN2/c1-10-5-6-12(9-18-10)14(16)13-4-2-3-11-7-8-17-15(11)13/h2-6,9,14,17H,7-8H2,1H3. The fourth-order valence-electron chi connectivity index (χ4n) is 2.39. The highest BCUT2D eigenvalue weighted by Gasteiger charge is 2.21. The van der Waals surface area contributed by atoms with E-state index in [1.807, 2.05) is 25.1 Å². The van der Waals surface area contributed by atoms with Crippen LogP contribution >= 0.6 is 0 Å². The van der Waals surface area contributed by atoms with Gasteiger partial charge in [-0.05, 0) is 25.0 Å². The summed E-state index contributed by atoms with van der Waals surface area (Å²) >= 11 is 0. The number of hydrogen-bond donors (Lipinski definition) is 1. The number of fused-ring (bicyclic) bond motifs is 1. The van der Waals surface area contributed by atoms with Crippen molar-refractivity contribution in [3.8, 4) is 0 Å². The molecule has 2 nitrogen and oxygen atoms in total. The molecule has 1 aliphatic heterocycles. The Bertz CT molecular complexity index is 563. The minimum atomic E-state index is -1.11. The Morgan fingerprint density at radius 3 is 2.94 bits per heavy atom. The molecule has 0 amide bonds. The predicted octanol–water partition coefficient (Wildman–Crippen LogP) is 3.42. The fraction of sp³-hybridized carbons (Fsp3) is 0.267. The van der Waals surface area contributed by atoms with Gasteiger partial charge in [0.05, 0.1) is 0 Å². The van der Waals surface area contributed by atoms with Crippen molar-refractivity contribution in [3.63, 3.8) is 0 Å². The number of alkyl halides is 1. The molecule has 1 atom stereocenters. The third-order valence-electron chi connectivity index (χ3n) is 3.38. The van der Waals surface area contributed by atoms with Crippen LogP contribution in [-0.2, 0) is 6.42 Å². The Labute approximate surface area is 106 Å². The zero-order chi connectivity index (χ0) is 12.5. The monoisotopic (exact) mass is 242 g/mol. The van der Waals surface area contributed by atoms with Crippen LogP contribution in [0.15, 0.2) is 36.5 Å². The lowest BCUT2D eigenvalue weighted by molar-refractivity contribution is 0.402. The molecule has 1 unspecified atom stereocenters. The average molecular weight is 242 g/mol. The maximum Gasteiger partial charge on any atom is 0.154 e. The lowest BCUT2D eigenvalue weighted by Gasteiger charge is -2.13. The molecule has 1 aromatic heterocycles. The second kappa shape index (κ2) is 4.41. The average Bonchev–Trinajstić information content (AvgIpc) is 2.87. The van der Waals surface area contributed by atoms with Crippen molar-refractivity contribution in [2.75, 3.05) is 11.9 Å². The van der Waals surface area contributed by atoms with Crippen LogP contribution in [0.1, 0.15) is 28.6 Å². The number of aryl methyl sites for hydroxylation is 1. The first-order valence-electron chi connectivity index (χ1n) is 6.18. The Kier molecular flexibility index (Phi) is 2.74. The molecule has 2 aromatic rings. The van der Waals surface area contributed by atoms with Crippen LogP contribution in [0.2, 0.25) is 0 Å². The number of nitrogens with one attached hydrogen (secondary N) is 1. The SMILES string of the molecule is Cc1ccc(C(F)c2cccc3c2NCC3)cn1. The summed E-state index contributed by atoms with van der Waals surface area (Å²) in [7, 11) is 0. The lowest BCUT2D eigenvalue weighted by atomic mass is 10.00. The number of para-hydroxylation sites is 1. The van der Waals surface area contributed by atoms with Gasteiger partial charge < -0.3 is 5.32 Å². The van der Waals surface area contributed by atoms with Crippen molar-refractivity contribution in [2.24, 2.45) is 0 Å². The van der Waals surface area contributed by atoms with Crippen LogP contribution in [-0.4, -0.2) is 11.5 Å². The molecule has 92 valence electrons. The summed E-state index contributed by atoms with van der Waals surface area (Å²) in [6.07, 6.45) is 1.48. The number of anilines is 1. The Hall–Kier alpha value is -1.90. The highest BCUT2D eigenvalue weighted by atomic mass is 19.1. The molecule has 0 aliphatic carbocycles. The first-order chi connectivity index (χ1) is 8.75. The first-order valence-corrected chi connectivity index (χ1v) is 6.18. The van der Waals surface area contributed by atoms with E-state index in [2.05, 4.69) is 16.4 Å². The molecule has 0 fully saturated rings. The van der Waals surface area contributed by atoms with Crippen molar-refractivity contribution in [3.05, 3.63) is 58.9 Å². The molecule has 3 rings (SSSR count). The highest BCUT2D eigenvalue weighted by Crippen LogP contribution is 2.35. The Morgan fingerprint density at radius 1 is 1.28 bits per heavy atom. The summed E-state index contributed by atoms with van der Waals surface area (Å²) in [5.74, 6) is 0. The van der Waals surface area contributed by atoms with Crippen LogP contribution in [0.3, 0.4) is 0 Å². The van der Waals surface area contributed by atoms with Gasteiger partial charge in [0.2, 0.25) is 0 Å². The van der Waals surface area contributed by atoms with Gasteiger partial charge in [-0.3, -0.25) is 4.98 Å². The molecule has 0 bridgehead atoms. The second-order valence-corrected chi connectivity index (χ2v) is 4.65. The zero-order valence-electron chi connectivity index (χ0n) is 10.3. The topological polar surface area (TPSA) is 24.9 Å². The van der Waals surface area contributed by atoms with E-state index in [1.165, 1.54) is 5.56 Å². The van der Waals surface area contributed by atoms with Crippen molar-refractivity contribution in [1.29, 1.82) is 0 Å². The van der Waals surface area contributed by atoms with E-state index < -0.39 is 6.17 Å². The number of nitrogens with zero attached hydrogens (tertiary/aromatic N) is 1. The quantitative estimate of drug-likeness (QED) is 0.872. The van der Waals surface area contributed by atoms with Gasteiger partial charge in [-0.25, -0.2) is 4.39 Å². The van der Waals surface area contributed by atoms with Crippen LogP contribution in [0.25, 0.3) is 0 Å². The first kappa shape index (κ1) is 11.2. The summed E-state index contributed by atoms with van der Waals surface area (Å²) in [4.78, 5) is 4.16. The van der Waals surface area contributed by atoms with E-state index in [-0.39, 0.29) is 0 Å². The number of halogens is 1. The maximum absolute atomic E-state index is 14.6. The zero-order valence-corrected chi connectivity index (χ0v) is 10.3. The maximum atomic E-state index is 14.6. The summed E-state index contributed by atoms with van der Waals surface area (Å²) < 4.78 is 14.6. The van der Waals surface area contributed by atoms with E-state index in [1.54, 1.807) is 12.3 Å². The van der Waals surface area contributed by atoms with Crippen LogP contribution < -0.4 is 5.32 Å². The van der Waals surface area contributed by atoms with Gasteiger partial charge in [-0.1, -0.05) is 24.3 Å².